The highest BCUT2D eigenvalue weighted by atomic mass is 79.9. The van der Waals surface area contributed by atoms with E-state index in [1.165, 1.54) is 0 Å². The lowest BCUT2D eigenvalue weighted by Crippen LogP contribution is -2.30. The Balaban J connectivity index is 1.86. The van der Waals surface area contributed by atoms with Crippen molar-refractivity contribution in [3.8, 4) is 11.5 Å². The number of carbonyl (C=O) groups is 2. The third-order valence-electron chi connectivity index (χ3n) is 5.61. The molecule has 4 rings (SSSR count). The number of aliphatic hydroxyl groups is 1. The predicted octanol–water partition coefficient (Wildman–Crippen LogP) is 4.75. The van der Waals surface area contributed by atoms with E-state index >= 15 is 0 Å². The number of aryl methyl sites for hydroxylation is 1. The van der Waals surface area contributed by atoms with Gasteiger partial charge < -0.3 is 19.5 Å². The molecule has 31 heavy (non-hydrogen) atoms. The molecule has 1 fully saturated rings. The van der Waals surface area contributed by atoms with Crippen molar-refractivity contribution in [1.29, 1.82) is 0 Å². The van der Waals surface area contributed by atoms with Crippen LogP contribution in [0.5, 0.6) is 11.5 Å². The third kappa shape index (κ3) is 3.94. The maximum Gasteiger partial charge on any atom is 0.295 e. The number of ketones is 1. The molecule has 1 atom stereocenters. The summed E-state index contributed by atoms with van der Waals surface area (Å²) in [7, 11) is 0. The molecular weight excluding hydrogens is 462 g/mol. The Morgan fingerprint density at radius 2 is 1.87 bits per heavy atom. The van der Waals surface area contributed by atoms with E-state index in [9.17, 15) is 14.7 Å². The van der Waals surface area contributed by atoms with Gasteiger partial charge in [0.15, 0.2) is 11.5 Å². The van der Waals surface area contributed by atoms with Crippen molar-refractivity contribution < 1.29 is 24.2 Å². The molecule has 1 N–H and O–H groups in total. The first-order valence-electron chi connectivity index (χ1n) is 10.4. The highest BCUT2D eigenvalue weighted by Crippen LogP contribution is 2.42. The Bertz CT molecular complexity index is 1080. The van der Waals surface area contributed by atoms with Gasteiger partial charge in [-0.25, -0.2) is 0 Å². The number of nitrogens with zero attached hydrogens (tertiary/aromatic N) is 1. The molecule has 0 aliphatic carbocycles. The highest BCUT2D eigenvalue weighted by Gasteiger charge is 2.46. The second kappa shape index (κ2) is 8.75. The topological polar surface area (TPSA) is 76.1 Å². The number of carbonyl (C=O) groups excluding carboxylic acids is 2. The predicted molar refractivity (Wildman–Crippen MR) is 120 cm³/mol. The van der Waals surface area contributed by atoms with E-state index in [-0.39, 0.29) is 11.3 Å². The molecular formula is C24H24BrNO5. The van der Waals surface area contributed by atoms with Crippen LogP contribution >= 0.6 is 15.9 Å². The normalized spacial score (nSPS) is 19.7. The Hall–Kier alpha value is -2.80. The summed E-state index contributed by atoms with van der Waals surface area (Å²) in [6.45, 7) is 5.27. The number of amides is 1. The zero-order valence-corrected chi connectivity index (χ0v) is 19.1. The van der Waals surface area contributed by atoms with Gasteiger partial charge in [-0.3, -0.25) is 9.59 Å². The number of unbranched alkanes of at least 4 members (excludes halogenated alkanes) is 1. The molecule has 1 unspecified atom stereocenters. The Morgan fingerprint density at radius 3 is 2.58 bits per heavy atom. The van der Waals surface area contributed by atoms with E-state index in [0.29, 0.717) is 42.4 Å². The summed E-state index contributed by atoms with van der Waals surface area (Å²) in [5.41, 5.74) is 2.21. The van der Waals surface area contributed by atoms with Crippen LogP contribution in [0.25, 0.3) is 5.76 Å². The standard InChI is InChI=1S/C24H24BrNO5/c1-3-4-9-26-21(15-6-8-18-19(13-15)31-11-10-30-18)20(23(28)24(26)29)22(27)16-5-7-17(25)14(2)12-16/h5-8,12-13,21,27H,3-4,9-11H2,1-2H3/b22-20-. The summed E-state index contributed by atoms with van der Waals surface area (Å²) in [5, 5.41) is 11.1. The van der Waals surface area contributed by atoms with E-state index in [4.69, 9.17) is 9.47 Å². The number of likely N-dealkylation sites (tertiary alicyclic amines) is 1. The number of halogens is 1. The highest BCUT2D eigenvalue weighted by molar-refractivity contribution is 9.10. The number of hydrogen-bond acceptors (Lipinski definition) is 5. The molecule has 0 aromatic heterocycles. The number of rotatable bonds is 5. The van der Waals surface area contributed by atoms with Gasteiger partial charge in [0.25, 0.3) is 11.7 Å². The first-order chi connectivity index (χ1) is 14.9. The molecule has 1 amide bonds. The van der Waals surface area contributed by atoms with E-state index in [0.717, 1.165) is 22.9 Å². The van der Waals surface area contributed by atoms with Crippen LogP contribution in [0.4, 0.5) is 0 Å². The van der Waals surface area contributed by atoms with Crippen molar-refractivity contribution in [1.82, 2.24) is 4.90 Å². The summed E-state index contributed by atoms with van der Waals surface area (Å²) >= 11 is 3.45. The Labute approximate surface area is 189 Å². The summed E-state index contributed by atoms with van der Waals surface area (Å²) in [6.07, 6.45) is 1.63. The minimum absolute atomic E-state index is 0.0968. The molecule has 2 aliphatic rings. The van der Waals surface area contributed by atoms with Crippen LogP contribution < -0.4 is 9.47 Å². The van der Waals surface area contributed by atoms with E-state index < -0.39 is 17.7 Å². The number of fused-ring (bicyclic) bond motifs is 1. The first kappa shape index (κ1) is 21.4. The SMILES string of the molecule is CCCCN1C(=O)C(=O)/C(=C(\O)c2ccc(Br)c(C)c2)C1c1ccc2c(c1)OCCO2. The summed E-state index contributed by atoms with van der Waals surface area (Å²) in [6, 6.07) is 10.1. The van der Waals surface area contributed by atoms with E-state index in [1.54, 1.807) is 29.2 Å². The maximum atomic E-state index is 13.0. The van der Waals surface area contributed by atoms with Crippen molar-refractivity contribution in [2.24, 2.45) is 0 Å². The second-order valence-corrected chi connectivity index (χ2v) is 8.57. The fourth-order valence-corrected chi connectivity index (χ4v) is 4.21. The lowest BCUT2D eigenvalue weighted by Gasteiger charge is -2.27. The molecule has 7 heteroatoms. The van der Waals surface area contributed by atoms with Gasteiger partial charge in [-0.1, -0.05) is 41.4 Å². The van der Waals surface area contributed by atoms with Gasteiger partial charge in [-0.05, 0) is 48.7 Å². The average molecular weight is 486 g/mol. The van der Waals surface area contributed by atoms with Crippen molar-refractivity contribution in [2.75, 3.05) is 19.8 Å². The minimum Gasteiger partial charge on any atom is -0.507 e. The third-order valence-corrected chi connectivity index (χ3v) is 6.50. The van der Waals surface area contributed by atoms with Crippen LogP contribution in [0.15, 0.2) is 46.4 Å². The fourth-order valence-electron chi connectivity index (χ4n) is 3.96. The lowest BCUT2D eigenvalue weighted by atomic mass is 9.94. The molecule has 1 saturated heterocycles. The molecule has 2 heterocycles. The fraction of sp³-hybridized carbons (Fsp3) is 0.333. The van der Waals surface area contributed by atoms with Gasteiger partial charge in [0.1, 0.15) is 19.0 Å². The maximum absolute atomic E-state index is 13.0. The van der Waals surface area contributed by atoms with Gasteiger partial charge in [0, 0.05) is 16.6 Å². The van der Waals surface area contributed by atoms with Gasteiger partial charge in [0.2, 0.25) is 0 Å². The zero-order valence-electron chi connectivity index (χ0n) is 17.5. The molecule has 6 nitrogen and oxygen atoms in total. The van der Waals surface area contributed by atoms with Crippen molar-refractivity contribution in [2.45, 2.75) is 32.7 Å². The number of aliphatic hydroxyl groups excluding tert-OH is 1. The van der Waals surface area contributed by atoms with Crippen LogP contribution in [0.2, 0.25) is 0 Å². The molecule has 2 aromatic carbocycles. The second-order valence-electron chi connectivity index (χ2n) is 7.71. The Morgan fingerprint density at radius 1 is 1.13 bits per heavy atom. The largest absolute Gasteiger partial charge is 0.507 e. The molecule has 0 bridgehead atoms. The van der Waals surface area contributed by atoms with Crippen molar-refractivity contribution >= 4 is 33.4 Å². The van der Waals surface area contributed by atoms with Gasteiger partial charge in [-0.2, -0.15) is 0 Å². The van der Waals surface area contributed by atoms with Crippen molar-refractivity contribution in [3.63, 3.8) is 0 Å². The summed E-state index contributed by atoms with van der Waals surface area (Å²) in [5.74, 6) is -0.237. The monoisotopic (exact) mass is 485 g/mol. The van der Waals surface area contributed by atoms with Crippen molar-refractivity contribution in [3.05, 3.63) is 63.1 Å². The smallest absolute Gasteiger partial charge is 0.295 e. The average Bonchev–Trinajstić information content (AvgIpc) is 3.03. The Kier molecular flexibility index (Phi) is 6.05. The first-order valence-corrected chi connectivity index (χ1v) is 11.2. The number of Topliss-reactive ketones (excluding diaryl/α,β-unsaturated/α-hetero) is 1. The van der Waals surface area contributed by atoms with E-state index in [1.807, 2.05) is 26.0 Å². The molecule has 0 spiro atoms. The summed E-state index contributed by atoms with van der Waals surface area (Å²) < 4.78 is 12.2. The lowest BCUT2D eigenvalue weighted by molar-refractivity contribution is -0.139. The molecule has 0 radical (unpaired) electrons. The van der Waals surface area contributed by atoms with Gasteiger partial charge in [-0.15, -0.1) is 0 Å². The van der Waals surface area contributed by atoms with E-state index in [2.05, 4.69) is 15.9 Å². The molecule has 162 valence electrons. The van der Waals surface area contributed by atoms with Crippen LogP contribution in [0, 0.1) is 6.92 Å². The minimum atomic E-state index is -0.689. The van der Waals surface area contributed by atoms with Crippen LogP contribution in [-0.4, -0.2) is 41.5 Å². The summed E-state index contributed by atoms with van der Waals surface area (Å²) in [4.78, 5) is 27.5. The number of hydrogen-bond donors (Lipinski definition) is 1. The van der Waals surface area contributed by atoms with Crippen LogP contribution in [0.3, 0.4) is 0 Å². The molecule has 2 aliphatic heterocycles. The van der Waals surface area contributed by atoms with Gasteiger partial charge in [0.05, 0.1) is 11.6 Å². The van der Waals surface area contributed by atoms with Crippen LogP contribution in [0.1, 0.15) is 42.5 Å². The van der Waals surface area contributed by atoms with Crippen LogP contribution in [-0.2, 0) is 9.59 Å². The van der Waals surface area contributed by atoms with Gasteiger partial charge >= 0.3 is 0 Å². The quantitative estimate of drug-likeness (QED) is 0.375. The number of benzene rings is 2. The molecule has 0 saturated carbocycles. The molecule has 2 aromatic rings. The number of ether oxygens (including phenoxy) is 2. The zero-order chi connectivity index (χ0) is 22.1.